The Kier molecular flexibility index (Phi) is 3.47. The van der Waals surface area contributed by atoms with Gasteiger partial charge in [-0.25, -0.2) is 0 Å². The molecule has 1 unspecified atom stereocenters. The molecule has 0 radical (unpaired) electrons. The highest BCUT2D eigenvalue weighted by Gasteiger charge is 2.44. The molecular formula is C16H14BrNO3. The van der Waals surface area contributed by atoms with Crippen LogP contribution in [0.1, 0.15) is 11.1 Å². The summed E-state index contributed by atoms with van der Waals surface area (Å²) < 4.78 is 5.97. The van der Waals surface area contributed by atoms with Gasteiger partial charge in [0.25, 0.3) is 5.91 Å². The minimum atomic E-state index is -1.54. The summed E-state index contributed by atoms with van der Waals surface area (Å²) in [6.07, 6.45) is 0.207. The van der Waals surface area contributed by atoms with E-state index in [-0.39, 0.29) is 6.42 Å². The maximum atomic E-state index is 12.2. The predicted molar refractivity (Wildman–Crippen MR) is 83.4 cm³/mol. The van der Waals surface area contributed by atoms with Gasteiger partial charge in [-0.3, -0.25) is 4.79 Å². The summed E-state index contributed by atoms with van der Waals surface area (Å²) >= 11 is 3.41. The molecule has 1 aliphatic rings. The fraction of sp³-hybridized carbons (Fsp3) is 0.188. The molecule has 0 spiro atoms. The van der Waals surface area contributed by atoms with Gasteiger partial charge in [0.15, 0.2) is 5.60 Å². The van der Waals surface area contributed by atoms with E-state index in [1.807, 2.05) is 30.3 Å². The molecule has 0 bridgehead atoms. The van der Waals surface area contributed by atoms with Crippen LogP contribution in [0.3, 0.4) is 0 Å². The molecule has 1 aliphatic heterocycles. The molecular weight excluding hydrogens is 334 g/mol. The van der Waals surface area contributed by atoms with Gasteiger partial charge in [0.2, 0.25) is 0 Å². The largest absolute Gasteiger partial charge is 0.496 e. The number of ether oxygens (including phenoxy) is 1. The van der Waals surface area contributed by atoms with Crippen molar-refractivity contribution in [1.29, 1.82) is 0 Å². The van der Waals surface area contributed by atoms with Gasteiger partial charge in [0.1, 0.15) is 5.75 Å². The number of benzene rings is 2. The third-order valence-electron chi connectivity index (χ3n) is 3.67. The monoisotopic (exact) mass is 347 g/mol. The molecule has 3 rings (SSSR count). The van der Waals surface area contributed by atoms with Gasteiger partial charge in [0.05, 0.1) is 11.6 Å². The minimum Gasteiger partial charge on any atom is -0.496 e. The highest BCUT2D eigenvalue weighted by Crippen LogP contribution is 2.38. The van der Waals surface area contributed by atoms with Gasteiger partial charge < -0.3 is 15.2 Å². The zero-order chi connectivity index (χ0) is 15.0. The summed E-state index contributed by atoms with van der Waals surface area (Å²) in [5, 5.41) is 13.5. The van der Waals surface area contributed by atoms with Crippen molar-refractivity contribution < 1.29 is 14.6 Å². The maximum Gasteiger partial charge on any atom is 0.261 e. The van der Waals surface area contributed by atoms with Crippen molar-refractivity contribution in [3.8, 4) is 5.75 Å². The number of para-hydroxylation sites is 1. The number of rotatable bonds is 3. The average molecular weight is 348 g/mol. The number of nitrogens with one attached hydrogen (secondary N) is 1. The molecule has 108 valence electrons. The Labute approximate surface area is 130 Å². The van der Waals surface area contributed by atoms with Crippen molar-refractivity contribution in [1.82, 2.24) is 0 Å². The van der Waals surface area contributed by atoms with Crippen LogP contribution in [0.15, 0.2) is 46.9 Å². The van der Waals surface area contributed by atoms with Crippen LogP contribution in [0, 0.1) is 0 Å². The summed E-state index contributed by atoms with van der Waals surface area (Å²) in [6, 6.07) is 12.7. The lowest BCUT2D eigenvalue weighted by molar-refractivity contribution is -0.133. The zero-order valence-corrected chi connectivity index (χ0v) is 13.0. The van der Waals surface area contributed by atoms with Crippen molar-refractivity contribution in [3.05, 3.63) is 58.1 Å². The second kappa shape index (κ2) is 5.16. The normalized spacial score (nSPS) is 20.0. The summed E-state index contributed by atoms with van der Waals surface area (Å²) in [6.45, 7) is 0. The van der Waals surface area contributed by atoms with Gasteiger partial charge in [-0.15, -0.1) is 0 Å². The first-order valence-corrected chi connectivity index (χ1v) is 7.29. The SMILES string of the molecule is COc1ccc(CC2(O)C(=O)Nc3ccccc32)cc1Br. The van der Waals surface area contributed by atoms with Crippen LogP contribution < -0.4 is 10.1 Å². The molecule has 2 N–H and O–H groups in total. The molecule has 0 saturated heterocycles. The lowest BCUT2D eigenvalue weighted by Gasteiger charge is -2.21. The van der Waals surface area contributed by atoms with E-state index >= 15 is 0 Å². The van der Waals surface area contributed by atoms with Gasteiger partial charge in [0, 0.05) is 17.7 Å². The lowest BCUT2D eigenvalue weighted by Crippen LogP contribution is -2.36. The fourth-order valence-corrected chi connectivity index (χ4v) is 3.18. The third-order valence-corrected chi connectivity index (χ3v) is 4.29. The number of aliphatic hydroxyl groups is 1. The van der Waals surface area contributed by atoms with E-state index in [9.17, 15) is 9.90 Å². The van der Waals surface area contributed by atoms with E-state index in [1.165, 1.54) is 0 Å². The number of carbonyl (C=O) groups excluding carboxylic acids is 1. The van der Waals surface area contributed by atoms with Crippen LogP contribution in [0.2, 0.25) is 0 Å². The fourth-order valence-electron chi connectivity index (χ4n) is 2.59. The Bertz CT molecular complexity index is 716. The Hall–Kier alpha value is -1.85. The van der Waals surface area contributed by atoms with E-state index in [2.05, 4.69) is 21.2 Å². The first-order valence-electron chi connectivity index (χ1n) is 6.50. The smallest absolute Gasteiger partial charge is 0.261 e. The van der Waals surface area contributed by atoms with Crippen LogP contribution in [0.4, 0.5) is 5.69 Å². The summed E-state index contributed by atoms with van der Waals surface area (Å²) in [5.74, 6) is 0.317. The third kappa shape index (κ3) is 2.32. The number of anilines is 1. The molecule has 21 heavy (non-hydrogen) atoms. The van der Waals surface area contributed by atoms with Crippen LogP contribution in [0.5, 0.6) is 5.75 Å². The number of amides is 1. The van der Waals surface area contributed by atoms with E-state index in [4.69, 9.17) is 4.74 Å². The van der Waals surface area contributed by atoms with Crippen LogP contribution in [0.25, 0.3) is 0 Å². The number of carbonyl (C=O) groups is 1. The Morgan fingerprint density at radius 2 is 2.05 bits per heavy atom. The topological polar surface area (TPSA) is 58.6 Å². The summed E-state index contributed by atoms with van der Waals surface area (Å²) in [4.78, 5) is 12.2. The molecule has 0 fully saturated rings. The maximum absolute atomic E-state index is 12.2. The quantitative estimate of drug-likeness (QED) is 0.897. The molecule has 0 aliphatic carbocycles. The molecule has 1 heterocycles. The number of methoxy groups -OCH3 is 1. The Balaban J connectivity index is 1.97. The zero-order valence-electron chi connectivity index (χ0n) is 11.4. The molecule has 4 nitrogen and oxygen atoms in total. The second-order valence-electron chi connectivity index (χ2n) is 5.01. The molecule has 2 aromatic carbocycles. The highest BCUT2D eigenvalue weighted by molar-refractivity contribution is 9.10. The lowest BCUT2D eigenvalue weighted by atomic mass is 9.88. The van der Waals surface area contributed by atoms with Crippen molar-refractivity contribution in [3.63, 3.8) is 0 Å². The summed E-state index contributed by atoms with van der Waals surface area (Å²) in [7, 11) is 1.59. The molecule has 0 saturated carbocycles. The average Bonchev–Trinajstić information content (AvgIpc) is 2.71. The van der Waals surface area contributed by atoms with Crippen molar-refractivity contribution in [2.45, 2.75) is 12.0 Å². The Morgan fingerprint density at radius 1 is 1.29 bits per heavy atom. The summed E-state index contributed by atoms with van der Waals surface area (Å²) in [5.41, 5.74) is 0.585. The number of halogens is 1. The molecule has 2 aromatic rings. The van der Waals surface area contributed by atoms with Crippen molar-refractivity contribution in [2.24, 2.45) is 0 Å². The van der Waals surface area contributed by atoms with E-state index in [1.54, 1.807) is 19.2 Å². The predicted octanol–water partition coefficient (Wildman–Crippen LogP) is 2.84. The van der Waals surface area contributed by atoms with E-state index in [0.29, 0.717) is 17.0 Å². The van der Waals surface area contributed by atoms with Crippen LogP contribution >= 0.6 is 15.9 Å². The highest BCUT2D eigenvalue weighted by atomic mass is 79.9. The van der Waals surface area contributed by atoms with Crippen LogP contribution in [-0.4, -0.2) is 18.1 Å². The van der Waals surface area contributed by atoms with Crippen LogP contribution in [-0.2, 0) is 16.8 Å². The number of hydrogen-bond acceptors (Lipinski definition) is 3. The first kappa shape index (κ1) is 14.1. The van der Waals surface area contributed by atoms with E-state index < -0.39 is 11.5 Å². The van der Waals surface area contributed by atoms with Gasteiger partial charge >= 0.3 is 0 Å². The molecule has 1 atom stereocenters. The van der Waals surface area contributed by atoms with Gasteiger partial charge in [-0.05, 0) is 39.7 Å². The van der Waals surface area contributed by atoms with Crippen molar-refractivity contribution in [2.75, 3.05) is 12.4 Å². The van der Waals surface area contributed by atoms with Gasteiger partial charge in [-0.2, -0.15) is 0 Å². The molecule has 0 aromatic heterocycles. The first-order chi connectivity index (χ1) is 10.0. The molecule has 5 heteroatoms. The van der Waals surface area contributed by atoms with Crippen molar-refractivity contribution >= 4 is 27.5 Å². The Morgan fingerprint density at radius 3 is 2.76 bits per heavy atom. The molecule has 1 amide bonds. The number of hydrogen-bond donors (Lipinski definition) is 2. The second-order valence-corrected chi connectivity index (χ2v) is 5.86. The van der Waals surface area contributed by atoms with E-state index in [0.717, 1.165) is 10.0 Å². The van der Waals surface area contributed by atoms with Gasteiger partial charge in [-0.1, -0.05) is 24.3 Å². The standard InChI is InChI=1S/C16H14BrNO3/c1-21-14-7-6-10(8-12(14)17)9-16(20)11-4-2-3-5-13(11)18-15(16)19/h2-8,20H,9H2,1H3,(H,18,19). The number of fused-ring (bicyclic) bond motifs is 1. The minimum absolute atomic E-state index is 0.207.